The Kier molecular flexibility index (Phi) is 8.03. The fourth-order valence-electron chi connectivity index (χ4n) is 3.28. The molecule has 0 amide bonds. The fraction of sp³-hybridized carbons (Fsp3) is 1.00. The van der Waals surface area contributed by atoms with Crippen molar-refractivity contribution < 1.29 is 9.47 Å². The SMILES string of the molecule is COC(C(CCCCC1CCOCC1)NN)C(C)(C)C. The quantitative estimate of drug-likeness (QED) is 0.409. The number of nitrogens with one attached hydrogen (secondary N) is 1. The second-order valence-electron chi connectivity index (χ2n) is 7.14. The van der Waals surface area contributed by atoms with Crippen LogP contribution >= 0.6 is 0 Å². The van der Waals surface area contributed by atoms with Gasteiger partial charge < -0.3 is 9.47 Å². The largest absolute Gasteiger partial charge is 0.381 e. The maximum Gasteiger partial charge on any atom is 0.0785 e. The van der Waals surface area contributed by atoms with Crippen LogP contribution in [0.15, 0.2) is 0 Å². The average Bonchev–Trinajstić information content (AvgIpc) is 2.42. The Balaban J connectivity index is 2.26. The molecule has 1 saturated heterocycles. The van der Waals surface area contributed by atoms with Crippen molar-refractivity contribution in [1.29, 1.82) is 0 Å². The highest BCUT2D eigenvalue weighted by Gasteiger charge is 2.31. The molecule has 0 spiro atoms. The summed E-state index contributed by atoms with van der Waals surface area (Å²) in [4.78, 5) is 0. The molecule has 0 aromatic rings. The first-order valence-corrected chi connectivity index (χ1v) is 8.05. The minimum absolute atomic E-state index is 0.104. The lowest BCUT2D eigenvalue weighted by Gasteiger charge is -2.35. The maximum absolute atomic E-state index is 5.72. The normalized spacial score (nSPS) is 20.9. The number of ether oxygens (including phenoxy) is 2. The Morgan fingerprint density at radius 3 is 2.40 bits per heavy atom. The summed E-state index contributed by atoms with van der Waals surface area (Å²) in [7, 11) is 1.78. The predicted octanol–water partition coefficient (Wildman–Crippen LogP) is 2.87. The summed E-state index contributed by atoms with van der Waals surface area (Å²) in [6, 6.07) is 0.231. The van der Waals surface area contributed by atoms with Crippen LogP contribution in [0.5, 0.6) is 0 Å². The third-order valence-corrected chi connectivity index (χ3v) is 4.41. The van der Waals surface area contributed by atoms with Gasteiger partial charge >= 0.3 is 0 Å². The van der Waals surface area contributed by atoms with E-state index in [1.807, 2.05) is 0 Å². The van der Waals surface area contributed by atoms with Crippen LogP contribution in [-0.2, 0) is 9.47 Å². The van der Waals surface area contributed by atoms with Crippen LogP contribution in [0, 0.1) is 11.3 Å². The van der Waals surface area contributed by atoms with E-state index in [0.29, 0.717) is 0 Å². The van der Waals surface area contributed by atoms with Crippen LogP contribution in [0.3, 0.4) is 0 Å². The number of hydrazine groups is 1. The summed E-state index contributed by atoms with van der Waals surface area (Å²) in [5.74, 6) is 6.59. The summed E-state index contributed by atoms with van der Waals surface area (Å²) in [5, 5.41) is 0. The van der Waals surface area contributed by atoms with Crippen molar-refractivity contribution in [2.45, 2.75) is 71.4 Å². The van der Waals surface area contributed by atoms with Gasteiger partial charge in [0.2, 0.25) is 0 Å². The molecule has 4 heteroatoms. The second kappa shape index (κ2) is 8.98. The third kappa shape index (κ3) is 6.08. The van der Waals surface area contributed by atoms with Crippen LogP contribution in [0.4, 0.5) is 0 Å². The number of methoxy groups -OCH3 is 1. The van der Waals surface area contributed by atoms with Gasteiger partial charge in [-0.2, -0.15) is 0 Å². The minimum Gasteiger partial charge on any atom is -0.381 e. The molecule has 1 aliphatic heterocycles. The summed E-state index contributed by atoms with van der Waals surface area (Å²) in [6.07, 6.45) is 7.52. The van der Waals surface area contributed by atoms with E-state index in [4.69, 9.17) is 15.3 Å². The van der Waals surface area contributed by atoms with Crippen molar-refractivity contribution in [3.63, 3.8) is 0 Å². The van der Waals surface area contributed by atoms with Crippen molar-refractivity contribution in [3.05, 3.63) is 0 Å². The molecule has 20 heavy (non-hydrogen) atoms. The highest BCUT2D eigenvalue weighted by atomic mass is 16.5. The number of nitrogens with two attached hydrogens (primary N) is 1. The van der Waals surface area contributed by atoms with Gasteiger partial charge in [0.15, 0.2) is 0 Å². The first-order valence-electron chi connectivity index (χ1n) is 8.05. The Labute approximate surface area is 124 Å². The molecule has 0 aliphatic carbocycles. The van der Waals surface area contributed by atoms with Crippen molar-refractivity contribution >= 4 is 0 Å². The molecule has 0 bridgehead atoms. The minimum atomic E-state index is 0.104. The van der Waals surface area contributed by atoms with Crippen molar-refractivity contribution in [1.82, 2.24) is 5.43 Å². The third-order valence-electron chi connectivity index (χ3n) is 4.41. The van der Waals surface area contributed by atoms with E-state index in [1.165, 1.54) is 32.1 Å². The van der Waals surface area contributed by atoms with Gasteiger partial charge in [0.25, 0.3) is 0 Å². The second-order valence-corrected chi connectivity index (χ2v) is 7.14. The van der Waals surface area contributed by atoms with E-state index in [9.17, 15) is 0 Å². The topological polar surface area (TPSA) is 56.5 Å². The van der Waals surface area contributed by atoms with Crippen molar-refractivity contribution in [2.75, 3.05) is 20.3 Å². The van der Waals surface area contributed by atoms with Crippen LogP contribution in [0.1, 0.15) is 59.3 Å². The molecule has 3 N–H and O–H groups in total. The summed E-state index contributed by atoms with van der Waals surface area (Å²) < 4.78 is 11.1. The first kappa shape index (κ1) is 17.9. The van der Waals surface area contributed by atoms with Gasteiger partial charge in [-0.05, 0) is 30.6 Å². The first-order chi connectivity index (χ1) is 9.49. The molecule has 0 radical (unpaired) electrons. The molecule has 0 aromatic heterocycles. The molecular formula is C16H34N2O2. The number of unbranched alkanes of at least 4 members (excludes halogenated alkanes) is 1. The Hall–Kier alpha value is -0.160. The highest BCUT2D eigenvalue weighted by Crippen LogP contribution is 2.27. The van der Waals surface area contributed by atoms with Gasteiger partial charge in [0.1, 0.15) is 0 Å². The average molecular weight is 286 g/mol. The van der Waals surface area contributed by atoms with Gasteiger partial charge in [-0.1, -0.05) is 40.0 Å². The Morgan fingerprint density at radius 2 is 1.90 bits per heavy atom. The van der Waals surface area contributed by atoms with Gasteiger partial charge in [-0.25, -0.2) is 0 Å². The molecule has 4 nitrogen and oxygen atoms in total. The van der Waals surface area contributed by atoms with E-state index >= 15 is 0 Å². The number of hydrogen-bond donors (Lipinski definition) is 2. The fourth-order valence-corrected chi connectivity index (χ4v) is 3.28. The molecule has 2 unspecified atom stereocenters. The van der Waals surface area contributed by atoms with E-state index in [1.54, 1.807) is 7.11 Å². The van der Waals surface area contributed by atoms with Crippen LogP contribution in [0.25, 0.3) is 0 Å². The molecule has 0 aromatic carbocycles. The van der Waals surface area contributed by atoms with Gasteiger partial charge in [-0.15, -0.1) is 0 Å². The van der Waals surface area contributed by atoms with E-state index in [2.05, 4.69) is 26.2 Å². The van der Waals surface area contributed by atoms with Crippen molar-refractivity contribution in [3.8, 4) is 0 Å². The summed E-state index contributed by atoms with van der Waals surface area (Å²) in [5.41, 5.74) is 3.06. The monoisotopic (exact) mass is 286 g/mol. The van der Waals surface area contributed by atoms with Crippen LogP contribution in [-0.4, -0.2) is 32.5 Å². The molecule has 1 rings (SSSR count). The van der Waals surface area contributed by atoms with Gasteiger partial charge in [-0.3, -0.25) is 11.3 Å². The zero-order chi connectivity index (χ0) is 15.0. The summed E-state index contributed by atoms with van der Waals surface area (Å²) in [6.45, 7) is 8.51. The Morgan fingerprint density at radius 1 is 1.25 bits per heavy atom. The molecule has 0 saturated carbocycles. The molecule has 1 aliphatic rings. The molecule has 2 atom stereocenters. The maximum atomic E-state index is 5.72. The van der Waals surface area contributed by atoms with E-state index in [0.717, 1.165) is 25.6 Å². The van der Waals surface area contributed by atoms with Crippen LogP contribution in [0.2, 0.25) is 0 Å². The van der Waals surface area contributed by atoms with E-state index < -0.39 is 0 Å². The van der Waals surface area contributed by atoms with Gasteiger partial charge in [0, 0.05) is 26.4 Å². The van der Waals surface area contributed by atoms with Crippen molar-refractivity contribution in [2.24, 2.45) is 17.2 Å². The number of rotatable bonds is 8. The zero-order valence-electron chi connectivity index (χ0n) is 13.8. The molecule has 1 fully saturated rings. The molecule has 1 heterocycles. The summed E-state index contributed by atoms with van der Waals surface area (Å²) >= 11 is 0. The lowest BCUT2D eigenvalue weighted by molar-refractivity contribution is -0.0139. The number of hydrogen-bond acceptors (Lipinski definition) is 4. The lowest BCUT2D eigenvalue weighted by Crippen LogP contribution is -2.50. The van der Waals surface area contributed by atoms with Crippen LogP contribution < -0.4 is 11.3 Å². The van der Waals surface area contributed by atoms with Gasteiger partial charge in [0.05, 0.1) is 6.10 Å². The smallest absolute Gasteiger partial charge is 0.0785 e. The Bertz CT molecular complexity index is 247. The molecular weight excluding hydrogens is 252 g/mol. The van der Waals surface area contributed by atoms with E-state index in [-0.39, 0.29) is 17.6 Å². The lowest BCUT2D eigenvalue weighted by atomic mass is 9.82. The standard InChI is InChI=1S/C16H34N2O2/c1-16(2,3)15(19-4)14(18-17)8-6-5-7-13-9-11-20-12-10-13/h13-15,18H,5-12,17H2,1-4H3. The predicted molar refractivity (Wildman–Crippen MR) is 83.4 cm³/mol. The molecule has 120 valence electrons. The highest BCUT2D eigenvalue weighted by molar-refractivity contribution is 4.85. The zero-order valence-corrected chi connectivity index (χ0v) is 13.8.